The molecule has 1 fully saturated rings. The summed E-state index contributed by atoms with van der Waals surface area (Å²) in [6.45, 7) is 5.42. The molecular weight excluding hydrogens is 286 g/mol. The van der Waals surface area contributed by atoms with E-state index in [4.69, 9.17) is 5.73 Å². The Bertz CT molecular complexity index is 515. The molecule has 2 atom stereocenters. The first-order valence-electron chi connectivity index (χ1n) is 7.37. The van der Waals surface area contributed by atoms with Gasteiger partial charge in [0.25, 0.3) is 5.91 Å². The third-order valence-corrected chi connectivity index (χ3v) is 5.08. The minimum absolute atomic E-state index is 0.0654. The van der Waals surface area contributed by atoms with Crippen molar-refractivity contribution in [3.05, 3.63) is 21.9 Å². The maximum Gasteiger partial charge on any atom is 0.264 e. The lowest BCUT2D eigenvalue weighted by Crippen LogP contribution is -2.51. The minimum atomic E-state index is -0.0654. The third-order valence-electron chi connectivity index (χ3n) is 4.00. The maximum atomic E-state index is 12.7. The molecule has 0 aliphatic carbocycles. The smallest absolute Gasteiger partial charge is 0.264 e. The first-order chi connectivity index (χ1) is 10.0. The van der Waals surface area contributed by atoms with Crippen molar-refractivity contribution >= 4 is 23.2 Å². The van der Waals surface area contributed by atoms with E-state index in [1.54, 1.807) is 0 Å². The van der Waals surface area contributed by atoms with Crippen LogP contribution in [0.25, 0.3) is 0 Å². The summed E-state index contributed by atoms with van der Waals surface area (Å²) in [5.74, 6) is 0.451. The summed E-state index contributed by atoms with van der Waals surface area (Å²) in [6, 6.07) is 3.88. The van der Waals surface area contributed by atoms with Crippen molar-refractivity contribution in [1.82, 2.24) is 10.2 Å². The number of nitrogens with two attached hydrogens (primary N) is 1. The molecule has 1 aromatic heterocycles. The molecule has 1 aliphatic rings. The van der Waals surface area contributed by atoms with Gasteiger partial charge >= 0.3 is 0 Å². The van der Waals surface area contributed by atoms with Crippen LogP contribution in [0.4, 0.5) is 0 Å². The number of hydrogen-bond donors (Lipinski definition) is 2. The van der Waals surface area contributed by atoms with Crippen molar-refractivity contribution in [3.63, 3.8) is 0 Å². The summed E-state index contributed by atoms with van der Waals surface area (Å²) >= 11 is 1.44. The van der Waals surface area contributed by atoms with Crippen molar-refractivity contribution < 1.29 is 9.59 Å². The number of piperidine rings is 1. The van der Waals surface area contributed by atoms with Crippen LogP contribution in [-0.2, 0) is 11.3 Å². The highest BCUT2D eigenvalue weighted by molar-refractivity contribution is 7.14. The van der Waals surface area contributed by atoms with Crippen LogP contribution in [0.15, 0.2) is 12.1 Å². The number of nitrogens with one attached hydrogen (secondary N) is 1. The summed E-state index contributed by atoms with van der Waals surface area (Å²) in [4.78, 5) is 27.2. The Kier molecular flexibility index (Phi) is 5.36. The zero-order valence-electron chi connectivity index (χ0n) is 12.6. The molecular formula is C15H23N3O2S. The van der Waals surface area contributed by atoms with Crippen molar-refractivity contribution in [2.45, 2.75) is 39.3 Å². The van der Waals surface area contributed by atoms with Crippen molar-refractivity contribution in [2.75, 3.05) is 13.1 Å². The second-order valence-electron chi connectivity index (χ2n) is 5.60. The lowest BCUT2D eigenvalue weighted by molar-refractivity contribution is -0.119. The molecule has 2 amide bonds. The van der Waals surface area contributed by atoms with Gasteiger partial charge in [0, 0.05) is 30.9 Å². The van der Waals surface area contributed by atoms with Crippen LogP contribution in [0, 0.1) is 5.92 Å². The zero-order chi connectivity index (χ0) is 15.4. The fourth-order valence-electron chi connectivity index (χ4n) is 2.80. The molecule has 0 aromatic carbocycles. The lowest BCUT2D eigenvalue weighted by atomic mass is 9.90. The molecule has 0 saturated carbocycles. The van der Waals surface area contributed by atoms with E-state index in [0.29, 0.717) is 19.0 Å². The Labute approximate surface area is 129 Å². The van der Waals surface area contributed by atoms with E-state index in [-0.39, 0.29) is 17.9 Å². The summed E-state index contributed by atoms with van der Waals surface area (Å²) < 4.78 is 0. The van der Waals surface area contributed by atoms with Gasteiger partial charge in [-0.1, -0.05) is 6.92 Å². The van der Waals surface area contributed by atoms with Gasteiger partial charge in [-0.05, 0) is 30.9 Å². The molecule has 6 heteroatoms. The second-order valence-corrected chi connectivity index (χ2v) is 6.77. The highest BCUT2D eigenvalue weighted by Gasteiger charge is 2.31. The maximum absolute atomic E-state index is 12.7. The van der Waals surface area contributed by atoms with E-state index in [0.717, 1.165) is 29.1 Å². The van der Waals surface area contributed by atoms with E-state index in [9.17, 15) is 9.59 Å². The van der Waals surface area contributed by atoms with Crippen molar-refractivity contribution in [2.24, 2.45) is 11.7 Å². The summed E-state index contributed by atoms with van der Waals surface area (Å²) in [5.41, 5.74) is 5.85. The number of carbonyl (C=O) groups excluding carboxylic acids is 2. The Balaban J connectivity index is 2.06. The predicted molar refractivity (Wildman–Crippen MR) is 84.1 cm³/mol. The van der Waals surface area contributed by atoms with Crippen LogP contribution in [0.2, 0.25) is 0 Å². The number of nitrogens with zero attached hydrogens (tertiary/aromatic N) is 1. The van der Waals surface area contributed by atoms with Crippen LogP contribution < -0.4 is 11.1 Å². The van der Waals surface area contributed by atoms with Crippen molar-refractivity contribution in [3.8, 4) is 0 Å². The summed E-state index contributed by atoms with van der Waals surface area (Å²) in [5, 5.41) is 2.75. The average molecular weight is 309 g/mol. The Morgan fingerprint density at radius 1 is 1.48 bits per heavy atom. The Hall–Kier alpha value is -1.40. The molecule has 2 heterocycles. The van der Waals surface area contributed by atoms with E-state index in [1.807, 2.05) is 17.0 Å². The van der Waals surface area contributed by atoms with Crippen LogP contribution in [0.5, 0.6) is 0 Å². The molecule has 21 heavy (non-hydrogen) atoms. The van der Waals surface area contributed by atoms with E-state index in [1.165, 1.54) is 18.3 Å². The lowest BCUT2D eigenvalue weighted by Gasteiger charge is -2.39. The number of hydrogen-bond acceptors (Lipinski definition) is 4. The Morgan fingerprint density at radius 2 is 2.24 bits per heavy atom. The van der Waals surface area contributed by atoms with Gasteiger partial charge in [-0.25, -0.2) is 0 Å². The van der Waals surface area contributed by atoms with Crippen LogP contribution in [-0.4, -0.2) is 35.8 Å². The number of rotatable bonds is 4. The first-order valence-corrected chi connectivity index (χ1v) is 8.18. The first kappa shape index (κ1) is 16.0. The molecule has 0 radical (unpaired) electrons. The third kappa shape index (κ3) is 3.83. The number of likely N-dealkylation sites (tertiary alicyclic amines) is 1. The van der Waals surface area contributed by atoms with Gasteiger partial charge in [0.2, 0.25) is 5.91 Å². The van der Waals surface area contributed by atoms with E-state index < -0.39 is 0 Å². The average Bonchev–Trinajstić information content (AvgIpc) is 2.93. The van der Waals surface area contributed by atoms with Gasteiger partial charge in [0.05, 0.1) is 11.4 Å². The van der Waals surface area contributed by atoms with Gasteiger partial charge in [-0.15, -0.1) is 11.3 Å². The molecule has 1 saturated heterocycles. The molecule has 0 spiro atoms. The van der Waals surface area contributed by atoms with Crippen LogP contribution in [0.1, 0.15) is 41.2 Å². The fraction of sp³-hybridized carbons (Fsp3) is 0.600. The van der Waals surface area contributed by atoms with Gasteiger partial charge < -0.3 is 16.0 Å². The highest BCUT2D eigenvalue weighted by atomic mass is 32.1. The second kappa shape index (κ2) is 7.04. The number of amides is 2. The quantitative estimate of drug-likeness (QED) is 0.887. The molecule has 1 aliphatic heterocycles. The SMILES string of the molecule is CC(=O)NCc1ccc(C(=O)N2CCC[C@@H](C)[C@H]2CN)s1. The van der Waals surface area contributed by atoms with Gasteiger partial charge in [0.1, 0.15) is 0 Å². The van der Waals surface area contributed by atoms with E-state index >= 15 is 0 Å². The largest absolute Gasteiger partial charge is 0.351 e. The topological polar surface area (TPSA) is 75.4 Å². The van der Waals surface area contributed by atoms with Gasteiger partial charge in [-0.3, -0.25) is 9.59 Å². The molecule has 116 valence electrons. The minimum Gasteiger partial charge on any atom is -0.351 e. The Morgan fingerprint density at radius 3 is 2.90 bits per heavy atom. The molecule has 0 unspecified atom stereocenters. The zero-order valence-corrected chi connectivity index (χ0v) is 13.4. The fourth-order valence-corrected chi connectivity index (χ4v) is 3.71. The van der Waals surface area contributed by atoms with Crippen LogP contribution in [0.3, 0.4) is 0 Å². The van der Waals surface area contributed by atoms with Gasteiger partial charge in [-0.2, -0.15) is 0 Å². The highest BCUT2D eigenvalue weighted by Crippen LogP contribution is 2.26. The molecule has 3 N–H and O–H groups in total. The van der Waals surface area contributed by atoms with E-state index in [2.05, 4.69) is 12.2 Å². The molecule has 2 rings (SSSR count). The van der Waals surface area contributed by atoms with Crippen LogP contribution >= 0.6 is 11.3 Å². The number of carbonyl (C=O) groups is 2. The number of thiophene rings is 1. The van der Waals surface area contributed by atoms with Gasteiger partial charge in [0.15, 0.2) is 0 Å². The normalized spacial score (nSPS) is 22.1. The summed E-state index contributed by atoms with van der Waals surface area (Å²) in [7, 11) is 0. The van der Waals surface area contributed by atoms with Crippen molar-refractivity contribution in [1.29, 1.82) is 0 Å². The molecule has 1 aromatic rings. The monoisotopic (exact) mass is 309 g/mol. The molecule has 0 bridgehead atoms. The predicted octanol–water partition coefficient (Wildman–Crippen LogP) is 1.58. The molecule has 5 nitrogen and oxygen atoms in total. The summed E-state index contributed by atoms with van der Waals surface area (Å²) in [6.07, 6.45) is 2.16. The standard InChI is InChI=1S/C15H23N3O2S/c1-10-4-3-7-18(13(10)8-16)15(20)14-6-5-12(21-14)9-17-11(2)19/h5-6,10,13H,3-4,7-9,16H2,1-2H3,(H,17,19)/t10-,13-/m1/s1.